The summed E-state index contributed by atoms with van der Waals surface area (Å²) in [6.45, 7) is 1.90. The van der Waals surface area contributed by atoms with Gasteiger partial charge in [-0.2, -0.15) is 4.31 Å². The number of likely N-dealkylation sites (tertiary alicyclic amines) is 1. The van der Waals surface area contributed by atoms with Gasteiger partial charge in [0.05, 0.1) is 11.4 Å². The fourth-order valence-electron chi connectivity index (χ4n) is 3.87. The van der Waals surface area contributed by atoms with Crippen LogP contribution in [0.5, 0.6) is 0 Å². The normalized spacial score (nSPS) is 18.8. The monoisotopic (exact) mass is 401 g/mol. The van der Waals surface area contributed by atoms with Crippen molar-refractivity contribution in [3.05, 3.63) is 42.5 Å². The summed E-state index contributed by atoms with van der Waals surface area (Å²) in [5.41, 5.74) is 0. The molecule has 148 valence electrons. The number of hydrogen-bond acceptors (Lipinski definition) is 4. The van der Waals surface area contributed by atoms with Crippen molar-refractivity contribution in [3.63, 3.8) is 0 Å². The van der Waals surface area contributed by atoms with Gasteiger partial charge in [0, 0.05) is 44.5 Å². The molecule has 0 aromatic heterocycles. The van der Waals surface area contributed by atoms with E-state index in [2.05, 4.69) is 0 Å². The van der Waals surface area contributed by atoms with Crippen LogP contribution in [-0.4, -0.2) is 73.6 Å². The van der Waals surface area contributed by atoms with Crippen LogP contribution >= 0.6 is 0 Å². The quantitative estimate of drug-likeness (QED) is 0.774. The van der Waals surface area contributed by atoms with Gasteiger partial charge in [0.15, 0.2) is 0 Å². The molecule has 0 bridgehead atoms. The van der Waals surface area contributed by atoms with Crippen LogP contribution in [0.25, 0.3) is 10.8 Å². The SMILES string of the molecule is O=C(CN1CCCC1=O)N1CCN(S(=O)(=O)c2cccc3ccccc23)CC1. The molecule has 2 heterocycles. The highest BCUT2D eigenvalue weighted by molar-refractivity contribution is 7.89. The van der Waals surface area contributed by atoms with Gasteiger partial charge < -0.3 is 9.80 Å². The lowest BCUT2D eigenvalue weighted by molar-refractivity contribution is -0.139. The van der Waals surface area contributed by atoms with Crippen LogP contribution in [0.15, 0.2) is 47.4 Å². The van der Waals surface area contributed by atoms with Crippen molar-refractivity contribution in [3.8, 4) is 0 Å². The average molecular weight is 401 g/mol. The van der Waals surface area contributed by atoms with E-state index in [-0.39, 0.29) is 31.4 Å². The third-order valence-electron chi connectivity index (χ3n) is 5.46. The van der Waals surface area contributed by atoms with Gasteiger partial charge in [0.25, 0.3) is 0 Å². The number of carbonyl (C=O) groups is 2. The molecule has 2 amide bonds. The van der Waals surface area contributed by atoms with Crippen LogP contribution < -0.4 is 0 Å². The third kappa shape index (κ3) is 3.49. The molecule has 0 spiro atoms. The van der Waals surface area contributed by atoms with Crippen LogP contribution in [0, 0.1) is 0 Å². The van der Waals surface area contributed by atoms with Crippen molar-refractivity contribution in [2.75, 3.05) is 39.3 Å². The number of nitrogens with zero attached hydrogens (tertiary/aromatic N) is 3. The fourth-order valence-corrected chi connectivity index (χ4v) is 5.51. The molecule has 28 heavy (non-hydrogen) atoms. The Morgan fingerprint density at radius 3 is 2.36 bits per heavy atom. The molecule has 2 aliphatic rings. The Labute approximate surface area is 164 Å². The minimum Gasteiger partial charge on any atom is -0.339 e. The van der Waals surface area contributed by atoms with Crippen LogP contribution in [0.3, 0.4) is 0 Å². The predicted molar refractivity (Wildman–Crippen MR) is 105 cm³/mol. The second kappa shape index (κ2) is 7.52. The molecule has 4 rings (SSSR count). The van der Waals surface area contributed by atoms with Gasteiger partial charge in [-0.05, 0) is 17.9 Å². The van der Waals surface area contributed by atoms with Crippen molar-refractivity contribution in [1.29, 1.82) is 0 Å². The van der Waals surface area contributed by atoms with Gasteiger partial charge in [-0.25, -0.2) is 8.42 Å². The van der Waals surface area contributed by atoms with E-state index in [9.17, 15) is 18.0 Å². The van der Waals surface area contributed by atoms with Crippen molar-refractivity contribution < 1.29 is 18.0 Å². The Morgan fingerprint density at radius 2 is 1.64 bits per heavy atom. The molecule has 2 aliphatic heterocycles. The zero-order valence-corrected chi connectivity index (χ0v) is 16.4. The van der Waals surface area contributed by atoms with E-state index >= 15 is 0 Å². The highest BCUT2D eigenvalue weighted by Gasteiger charge is 2.32. The van der Waals surface area contributed by atoms with Crippen molar-refractivity contribution in [1.82, 2.24) is 14.1 Å². The Hall–Kier alpha value is -2.45. The van der Waals surface area contributed by atoms with Gasteiger partial charge in [-0.1, -0.05) is 36.4 Å². The lowest BCUT2D eigenvalue weighted by atomic mass is 10.1. The molecule has 0 saturated carbocycles. The maximum Gasteiger partial charge on any atom is 0.243 e. The summed E-state index contributed by atoms with van der Waals surface area (Å²) < 4.78 is 27.8. The molecule has 2 saturated heterocycles. The molecule has 0 radical (unpaired) electrons. The minimum atomic E-state index is -3.64. The summed E-state index contributed by atoms with van der Waals surface area (Å²) in [5.74, 6) is -0.0945. The topological polar surface area (TPSA) is 78.0 Å². The van der Waals surface area contributed by atoms with Gasteiger partial charge in [0.2, 0.25) is 21.8 Å². The number of fused-ring (bicyclic) bond motifs is 1. The molecule has 2 fully saturated rings. The molecular formula is C20H23N3O4S. The molecular weight excluding hydrogens is 378 g/mol. The van der Waals surface area contributed by atoms with Crippen molar-refractivity contribution in [2.24, 2.45) is 0 Å². The van der Waals surface area contributed by atoms with Crippen molar-refractivity contribution >= 4 is 32.6 Å². The highest BCUT2D eigenvalue weighted by atomic mass is 32.2. The maximum absolute atomic E-state index is 13.2. The maximum atomic E-state index is 13.2. The second-order valence-electron chi connectivity index (χ2n) is 7.18. The molecule has 2 aromatic rings. The number of carbonyl (C=O) groups excluding carboxylic acids is 2. The standard InChI is InChI=1S/C20H23N3O4S/c24-19-9-4-10-22(19)15-20(25)21-11-13-23(14-12-21)28(26,27)18-8-3-6-16-5-1-2-7-17(16)18/h1-3,5-8H,4,9-15H2. The summed E-state index contributed by atoms with van der Waals surface area (Å²) in [6.07, 6.45) is 1.30. The summed E-state index contributed by atoms with van der Waals surface area (Å²) >= 11 is 0. The number of amides is 2. The van der Waals surface area contributed by atoms with Crippen LogP contribution in [0.4, 0.5) is 0 Å². The number of hydrogen-bond donors (Lipinski definition) is 0. The zero-order chi connectivity index (χ0) is 19.7. The Morgan fingerprint density at radius 1 is 0.929 bits per heavy atom. The van der Waals surface area contributed by atoms with Crippen LogP contribution in [-0.2, 0) is 19.6 Å². The van der Waals surface area contributed by atoms with Gasteiger partial charge in [0.1, 0.15) is 0 Å². The first-order valence-electron chi connectivity index (χ1n) is 9.50. The first-order valence-corrected chi connectivity index (χ1v) is 10.9. The van der Waals surface area contributed by atoms with Gasteiger partial charge in [-0.15, -0.1) is 0 Å². The van der Waals surface area contributed by atoms with E-state index in [1.807, 2.05) is 30.3 Å². The van der Waals surface area contributed by atoms with Gasteiger partial charge in [-0.3, -0.25) is 9.59 Å². The second-order valence-corrected chi connectivity index (χ2v) is 9.09. The molecule has 0 atom stereocenters. The van der Waals surface area contributed by atoms with Gasteiger partial charge >= 0.3 is 0 Å². The molecule has 0 unspecified atom stereocenters. The molecule has 0 N–H and O–H groups in total. The molecule has 2 aromatic carbocycles. The largest absolute Gasteiger partial charge is 0.339 e. The van der Waals surface area contributed by atoms with E-state index in [4.69, 9.17) is 0 Å². The first kappa shape index (κ1) is 18.9. The van der Waals surface area contributed by atoms with E-state index in [1.54, 1.807) is 21.9 Å². The summed E-state index contributed by atoms with van der Waals surface area (Å²) in [7, 11) is -3.64. The lowest BCUT2D eigenvalue weighted by Crippen LogP contribution is -2.52. The fraction of sp³-hybridized carbons (Fsp3) is 0.400. The minimum absolute atomic E-state index is 0.0190. The highest BCUT2D eigenvalue weighted by Crippen LogP contribution is 2.26. The smallest absolute Gasteiger partial charge is 0.243 e. The Bertz CT molecular complexity index is 1010. The number of sulfonamides is 1. The Kier molecular flexibility index (Phi) is 5.07. The van der Waals surface area contributed by atoms with Crippen LogP contribution in [0.2, 0.25) is 0 Å². The summed E-state index contributed by atoms with van der Waals surface area (Å²) in [5, 5.41) is 1.59. The zero-order valence-electron chi connectivity index (χ0n) is 15.6. The summed E-state index contributed by atoms with van der Waals surface area (Å²) in [6, 6.07) is 12.7. The van der Waals surface area contributed by atoms with E-state index in [1.165, 1.54) is 4.31 Å². The predicted octanol–water partition coefficient (Wildman–Crippen LogP) is 1.30. The summed E-state index contributed by atoms with van der Waals surface area (Å²) in [4.78, 5) is 27.7. The average Bonchev–Trinajstić information content (AvgIpc) is 3.12. The number of benzene rings is 2. The van der Waals surface area contributed by atoms with Crippen LogP contribution in [0.1, 0.15) is 12.8 Å². The molecule has 7 nitrogen and oxygen atoms in total. The number of piperazine rings is 1. The lowest BCUT2D eigenvalue weighted by Gasteiger charge is -2.35. The van der Waals surface area contributed by atoms with Crippen molar-refractivity contribution in [2.45, 2.75) is 17.7 Å². The third-order valence-corrected chi connectivity index (χ3v) is 7.41. The molecule has 0 aliphatic carbocycles. The first-order chi connectivity index (χ1) is 13.5. The molecule has 8 heteroatoms. The van der Waals surface area contributed by atoms with E-state index in [0.717, 1.165) is 11.8 Å². The number of rotatable bonds is 4. The van der Waals surface area contributed by atoms with E-state index < -0.39 is 10.0 Å². The van der Waals surface area contributed by atoms with E-state index in [0.29, 0.717) is 36.3 Å². The Balaban J connectivity index is 1.45.